The van der Waals surface area contributed by atoms with Crippen molar-refractivity contribution in [2.24, 2.45) is 0 Å². The quantitative estimate of drug-likeness (QED) is 0.748. The number of nitrogen functional groups attached to an aromatic ring is 1. The molecule has 0 bridgehead atoms. The van der Waals surface area contributed by atoms with Crippen LogP contribution in [0.25, 0.3) is 22.3 Å². The van der Waals surface area contributed by atoms with Crippen LogP contribution in [0, 0.1) is 11.3 Å². The third-order valence-electron chi connectivity index (χ3n) is 3.50. The summed E-state index contributed by atoms with van der Waals surface area (Å²) in [6.45, 7) is 0. The fraction of sp³-hybridized carbons (Fsp3) is 0.118. The number of ether oxygens (including phenoxy) is 2. The van der Waals surface area contributed by atoms with Gasteiger partial charge in [-0.05, 0) is 0 Å². The predicted molar refractivity (Wildman–Crippen MR) is 87.2 cm³/mol. The number of nitrogens with two attached hydrogens (primary N) is 1. The van der Waals surface area contributed by atoms with E-state index in [9.17, 15) is 5.26 Å². The van der Waals surface area contributed by atoms with Crippen LogP contribution in [0.3, 0.4) is 0 Å². The minimum absolute atomic E-state index is 0.200. The van der Waals surface area contributed by atoms with Crippen LogP contribution in [0.2, 0.25) is 0 Å². The predicted octanol–water partition coefficient (Wildman–Crippen LogP) is 2.77. The Morgan fingerprint density at radius 1 is 1.00 bits per heavy atom. The van der Waals surface area contributed by atoms with Crippen LogP contribution in [-0.2, 0) is 0 Å². The van der Waals surface area contributed by atoms with Gasteiger partial charge in [-0.2, -0.15) is 5.26 Å². The zero-order valence-electron chi connectivity index (χ0n) is 12.7. The maximum atomic E-state index is 9.43. The fourth-order valence-corrected chi connectivity index (χ4v) is 2.38. The Kier molecular flexibility index (Phi) is 3.69. The molecule has 0 fully saturated rings. The first-order valence-corrected chi connectivity index (χ1v) is 6.87. The average Bonchev–Trinajstić information content (AvgIpc) is 2.62. The smallest absolute Gasteiger partial charge is 0.167 e. The molecule has 2 N–H and O–H groups in total. The molecular formula is C17H14N4O2. The first kappa shape index (κ1) is 14.6. The first-order valence-electron chi connectivity index (χ1n) is 6.87. The Morgan fingerprint density at radius 3 is 2.30 bits per heavy atom. The summed E-state index contributed by atoms with van der Waals surface area (Å²) in [5, 5.41) is 9.43. The monoisotopic (exact) mass is 306 g/mol. The van der Waals surface area contributed by atoms with Crippen molar-refractivity contribution in [1.29, 1.82) is 5.26 Å². The Labute approximate surface area is 133 Å². The fourth-order valence-electron chi connectivity index (χ4n) is 2.38. The molecule has 3 rings (SSSR count). The molecule has 0 saturated carbocycles. The molecular weight excluding hydrogens is 292 g/mol. The van der Waals surface area contributed by atoms with Crippen molar-refractivity contribution in [2.75, 3.05) is 20.0 Å². The van der Waals surface area contributed by atoms with Gasteiger partial charge < -0.3 is 15.2 Å². The number of rotatable bonds is 3. The molecule has 0 radical (unpaired) electrons. The number of anilines is 1. The molecule has 0 unspecified atom stereocenters. The van der Waals surface area contributed by atoms with Gasteiger partial charge in [-0.3, -0.25) is 0 Å². The second-order valence-electron chi connectivity index (χ2n) is 4.79. The topological polar surface area (TPSA) is 94.0 Å². The number of aromatic nitrogens is 2. The largest absolute Gasteiger partial charge is 0.494 e. The van der Waals surface area contributed by atoms with E-state index in [-0.39, 0.29) is 5.69 Å². The second kappa shape index (κ2) is 5.81. The molecule has 23 heavy (non-hydrogen) atoms. The molecule has 114 valence electrons. The molecule has 0 saturated heterocycles. The molecule has 3 aromatic rings. The Morgan fingerprint density at radius 2 is 1.70 bits per heavy atom. The standard InChI is InChI=1S/C17H14N4O2/c1-22-12-8-13(23-2)16-17(14(12)19)20-11(9-18)15(21-16)10-6-4-3-5-7-10/h3-8H,19H2,1-2H3. The van der Waals surface area contributed by atoms with Gasteiger partial charge in [0.05, 0.1) is 14.2 Å². The van der Waals surface area contributed by atoms with E-state index in [4.69, 9.17) is 15.2 Å². The van der Waals surface area contributed by atoms with Gasteiger partial charge in [-0.25, -0.2) is 9.97 Å². The molecule has 1 aromatic heterocycles. The summed E-state index contributed by atoms with van der Waals surface area (Å²) in [6, 6.07) is 13.1. The van der Waals surface area contributed by atoms with Crippen LogP contribution in [0.1, 0.15) is 5.69 Å². The highest BCUT2D eigenvalue weighted by Crippen LogP contribution is 2.37. The third kappa shape index (κ3) is 2.38. The lowest BCUT2D eigenvalue weighted by molar-refractivity contribution is 0.398. The van der Waals surface area contributed by atoms with Crippen molar-refractivity contribution < 1.29 is 9.47 Å². The highest BCUT2D eigenvalue weighted by atomic mass is 16.5. The van der Waals surface area contributed by atoms with Gasteiger partial charge >= 0.3 is 0 Å². The normalized spacial score (nSPS) is 10.3. The van der Waals surface area contributed by atoms with Crippen molar-refractivity contribution in [3.05, 3.63) is 42.1 Å². The highest BCUT2D eigenvalue weighted by molar-refractivity contribution is 5.96. The number of hydrogen-bond donors (Lipinski definition) is 1. The van der Waals surface area contributed by atoms with E-state index in [1.165, 1.54) is 14.2 Å². The number of fused-ring (bicyclic) bond motifs is 1. The van der Waals surface area contributed by atoms with E-state index in [1.807, 2.05) is 30.3 Å². The van der Waals surface area contributed by atoms with Gasteiger partial charge in [-0.1, -0.05) is 30.3 Å². The highest BCUT2D eigenvalue weighted by Gasteiger charge is 2.18. The van der Waals surface area contributed by atoms with Gasteiger partial charge in [0.25, 0.3) is 0 Å². The van der Waals surface area contributed by atoms with Gasteiger partial charge in [0.2, 0.25) is 0 Å². The van der Waals surface area contributed by atoms with Crippen molar-refractivity contribution in [3.8, 4) is 28.8 Å². The summed E-state index contributed by atoms with van der Waals surface area (Å²) in [7, 11) is 3.04. The molecule has 6 nitrogen and oxygen atoms in total. The van der Waals surface area contributed by atoms with E-state index < -0.39 is 0 Å². The Balaban J connectivity index is 2.39. The molecule has 0 spiro atoms. The lowest BCUT2D eigenvalue weighted by atomic mass is 10.1. The molecule has 0 aliphatic heterocycles. The zero-order chi connectivity index (χ0) is 16.4. The van der Waals surface area contributed by atoms with Gasteiger partial charge in [-0.15, -0.1) is 0 Å². The van der Waals surface area contributed by atoms with Crippen LogP contribution in [0.5, 0.6) is 11.5 Å². The molecule has 0 amide bonds. The first-order chi connectivity index (χ1) is 11.2. The lowest BCUT2D eigenvalue weighted by Gasteiger charge is -2.13. The van der Waals surface area contributed by atoms with Crippen LogP contribution in [0.4, 0.5) is 5.69 Å². The second-order valence-corrected chi connectivity index (χ2v) is 4.79. The van der Waals surface area contributed by atoms with Crippen LogP contribution in [0.15, 0.2) is 36.4 Å². The minimum Gasteiger partial charge on any atom is -0.494 e. The Bertz CT molecular complexity index is 918. The van der Waals surface area contributed by atoms with Crippen LogP contribution < -0.4 is 15.2 Å². The molecule has 6 heteroatoms. The summed E-state index contributed by atoms with van der Waals surface area (Å²) in [5.74, 6) is 0.917. The summed E-state index contributed by atoms with van der Waals surface area (Å²) in [4.78, 5) is 8.96. The summed E-state index contributed by atoms with van der Waals surface area (Å²) in [6.07, 6.45) is 0. The van der Waals surface area contributed by atoms with Gasteiger partial charge in [0, 0.05) is 11.6 Å². The van der Waals surface area contributed by atoms with E-state index >= 15 is 0 Å². The van der Waals surface area contributed by atoms with Gasteiger partial charge in [0.1, 0.15) is 34.2 Å². The molecule has 1 heterocycles. The van der Waals surface area contributed by atoms with Crippen LogP contribution >= 0.6 is 0 Å². The molecule has 2 aromatic carbocycles. The van der Waals surface area contributed by atoms with E-state index in [2.05, 4.69) is 16.0 Å². The minimum atomic E-state index is 0.200. The zero-order valence-corrected chi connectivity index (χ0v) is 12.7. The van der Waals surface area contributed by atoms with Gasteiger partial charge in [0.15, 0.2) is 11.4 Å². The van der Waals surface area contributed by atoms with E-state index in [0.717, 1.165) is 5.56 Å². The lowest BCUT2D eigenvalue weighted by Crippen LogP contribution is -2.02. The summed E-state index contributed by atoms with van der Waals surface area (Å²) >= 11 is 0. The van der Waals surface area contributed by atoms with Crippen molar-refractivity contribution in [2.45, 2.75) is 0 Å². The SMILES string of the molecule is COc1cc(OC)c2nc(-c3ccccc3)c(C#N)nc2c1N. The van der Waals surface area contributed by atoms with E-state index in [1.54, 1.807) is 6.07 Å². The summed E-state index contributed by atoms with van der Waals surface area (Å²) < 4.78 is 10.6. The molecule has 0 aliphatic carbocycles. The Hall–Kier alpha value is -3.33. The average molecular weight is 306 g/mol. The number of benzene rings is 2. The third-order valence-corrected chi connectivity index (χ3v) is 3.50. The number of hydrogen-bond acceptors (Lipinski definition) is 6. The van der Waals surface area contributed by atoms with Crippen molar-refractivity contribution >= 4 is 16.7 Å². The summed E-state index contributed by atoms with van der Waals surface area (Å²) in [5.41, 5.74) is 8.76. The molecule has 0 aliphatic rings. The van der Waals surface area contributed by atoms with Crippen molar-refractivity contribution in [3.63, 3.8) is 0 Å². The molecule has 0 atom stereocenters. The maximum absolute atomic E-state index is 9.43. The number of nitrogens with zero attached hydrogens (tertiary/aromatic N) is 3. The number of nitriles is 1. The van der Waals surface area contributed by atoms with Crippen LogP contribution in [-0.4, -0.2) is 24.2 Å². The van der Waals surface area contributed by atoms with Crippen molar-refractivity contribution in [1.82, 2.24) is 9.97 Å². The number of methoxy groups -OCH3 is 2. The van der Waals surface area contributed by atoms with E-state index in [0.29, 0.717) is 33.9 Å². The maximum Gasteiger partial charge on any atom is 0.167 e.